The van der Waals surface area contributed by atoms with Gasteiger partial charge in [0.05, 0.1) is 13.2 Å². The normalized spacial score (nSPS) is 14.4. The van der Waals surface area contributed by atoms with Gasteiger partial charge in [-0.05, 0) is 0 Å². The molecule has 0 radical (unpaired) electrons. The van der Waals surface area contributed by atoms with E-state index in [9.17, 15) is 4.57 Å². The van der Waals surface area contributed by atoms with Crippen LogP contribution < -0.4 is 0 Å². The highest BCUT2D eigenvalue weighted by Crippen LogP contribution is 2.47. The molecule has 18 heavy (non-hydrogen) atoms. The number of hydrogen-bond acceptors (Lipinski definition) is 3. The predicted octanol–water partition coefficient (Wildman–Crippen LogP) is 3.39. The van der Waals surface area contributed by atoms with Crippen LogP contribution in [0.2, 0.25) is 0 Å². The van der Waals surface area contributed by atoms with Crippen molar-refractivity contribution in [2.24, 2.45) is 0 Å². The van der Waals surface area contributed by atoms with E-state index in [1.807, 2.05) is 0 Å². The van der Waals surface area contributed by atoms with Crippen LogP contribution >= 0.6 is 7.60 Å². The van der Waals surface area contributed by atoms with Crippen LogP contribution in [-0.4, -0.2) is 19.4 Å². The van der Waals surface area contributed by atoms with Crippen LogP contribution in [0, 0.1) is 24.7 Å². The van der Waals surface area contributed by atoms with Gasteiger partial charge in [0.25, 0.3) is 0 Å². The molecular formula is C14H19O3P. The molecule has 4 heteroatoms. The first-order valence-electron chi connectivity index (χ1n) is 5.73. The van der Waals surface area contributed by atoms with E-state index < -0.39 is 7.60 Å². The topological polar surface area (TPSA) is 35.5 Å². The minimum Gasteiger partial charge on any atom is -0.304 e. The summed E-state index contributed by atoms with van der Waals surface area (Å²) in [4.78, 5) is 0. The Hall–Kier alpha value is -1.25. The van der Waals surface area contributed by atoms with E-state index in [-0.39, 0.29) is 13.2 Å². The molecule has 0 spiro atoms. The molecular weight excluding hydrogens is 247 g/mol. The van der Waals surface area contributed by atoms with Crippen LogP contribution in [0.4, 0.5) is 0 Å². The maximum Gasteiger partial charge on any atom is 0.331 e. The fourth-order valence-corrected chi connectivity index (χ4v) is 2.04. The second kappa shape index (κ2) is 10.9. The zero-order chi connectivity index (χ0) is 13.7. The Morgan fingerprint density at radius 2 is 1.44 bits per heavy atom. The fourth-order valence-electron chi connectivity index (χ4n) is 0.972. The first-order chi connectivity index (χ1) is 8.68. The number of rotatable bonds is 9. The Kier molecular flexibility index (Phi) is 10.1. The van der Waals surface area contributed by atoms with Gasteiger partial charge in [-0.25, -0.2) is 0 Å². The number of hydrogen-bond donors (Lipinski definition) is 0. The fraction of sp³-hybridized carbons (Fsp3) is 0.429. The summed E-state index contributed by atoms with van der Waals surface area (Å²) < 4.78 is 22.5. The second-order valence-electron chi connectivity index (χ2n) is 3.28. The van der Waals surface area contributed by atoms with Crippen molar-refractivity contribution in [1.29, 1.82) is 0 Å². The molecule has 0 saturated heterocycles. The molecule has 0 aliphatic rings. The van der Waals surface area contributed by atoms with Gasteiger partial charge < -0.3 is 9.05 Å². The minimum atomic E-state index is -3.00. The molecule has 0 aromatic carbocycles. The van der Waals surface area contributed by atoms with Gasteiger partial charge in [-0.15, -0.1) is 24.7 Å². The van der Waals surface area contributed by atoms with Gasteiger partial charge in [-0.3, -0.25) is 4.57 Å². The predicted molar refractivity (Wildman–Crippen MR) is 75.2 cm³/mol. The highest BCUT2D eigenvalue weighted by Gasteiger charge is 2.20. The third kappa shape index (κ3) is 8.85. The van der Waals surface area contributed by atoms with Gasteiger partial charge in [-0.1, -0.05) is 31.2 Å². The van der Waals surface area contributed by atoms with Crippen LogP contribution in [0.1, 0.15) is 19.8 Å². The molecule has 0 unspecified atom stereocenters. The number of terminal acetylenes is 2. The van der Waals surface area contributed by atoms with Gasteiger partial charge in [0.15, 0.2) is 0 Å². The summed E-state index contributed by atoms with van der Waals surface area (Å²) in [5.74, 6) is 4.93. The van der Waals surface area contributed by atoms with Gasteiger partial charge in [0.2, 0.25) is 0 Å². The average molecular weight is 266 g/mol. The number of allylic oxidation sites excluding steroid dienone is 2. The molecule has 0 rings (SSSR count). The van der Waals surface area contributed by atoms with Crippen molar-refractivity contribution in [3.05, 3.63) is 24.3 Å². The zero-order valence-corrected chi connectivity index (χ0v) is 11.6. The highest BCUT2D eigenvalue weighted by atomic mass is 31.2. The van der Waals surface area contributed by atoms with Gasteiger partial charge in [-0.2, -0.15) is 0 Å². The van der Waals surface area contributed by atoms with Crippen LogP contribution in [0.3, 0.4) is 0 Å². The third-order valence-corrected chi connectivity index (χ3v) is 3.79. The monoisotopic (exact) mass is 266 g/mol. The van der Waals surface area contributed by atoms with Crippen LogP contribution in [0.5, 0.6) is 0 Å². The molecule has 0 fully saturated rings. The maximum atomic E-state index is 12.1. The Labute approximate surface area is 110 Å². The summed E-state index contributed by atoms with van der Waals surface area (Å²) in [6.45, 7) is 2.23. The van der Waals surface area contributed by atoms with Crippen LogP contribution in [0.15, 0.2) is 24.3 Å². The molecule has 0 aliphatic carbocycles. The van der Waals surface area contributed by atoms with E-state index in [2.05, 4.69) is 11.8 Å². The van der Waals surface area contributed by atoms with E-state index >= 15 is 0 Å². The van der Waals surface area contributed by atoms with E-state index in [0.29, 0.717) is 19.0 Å². The standard InChI is InChI=1S/C14H19O3P/c1-4-7-9-11-13-16-18(15,6-3)17-14-12-10-8-5-2/h1-2,9-12H,6-8,13-14H2,3H3. The lowest BCUT2D eigenvalue weighted by molar-refractivity contribution is 0.238. The van der Waals surface area contributed by atoms with E-state index in [0.717, 1.165) is 0 Å². The largest absolute Gasteiger partial charge is 0.331 e. The molecule has 0 saturated carbocycles. The SMILES string of the molecule is C#CCC=CCOP(=O)(CC)OCC=CCC#C. The summed E-state index contributed by atoms with van der Waals surface area (Å²) in [7, 11) is -3.00. The van der Waals surface area contributed by atoms with Crippen molar-refractivity contribution in [3.63, 3.8) is 0 Å². The molecule has 0 heterocycles. The van der Waals surface area contributed by atoms with Gasteiger partial charge in [0, 0.05) is 19.0 Å². The second-order valence-corrected chi connectivity index (χ2v) is 5.65. The zero-order valence-electron chi connectivity index (χ0n) is 10.7. The summed E-state index contributed by atoms with van der Waals surface area (Å²) in [6, 6.07) is 0. The van der Waals surface area contributed by atoms with E-state index in [1.165, 1.54) is 0 Å². The third-order valence-electron chi connectivity index (χ3n) is 1.93. The molecule has 0 bridgehead atoms. The Morgan fingerprint density at radius 1 is 1.00 bits per heavy atom. The van der Waals surface area contributed by atoms with Crippen molar-refractivity contribution in [3.8, 4) is 24.7 Å². The Morgan fingerprint density at radius 3 is 1.78 bits per heavy atom. The van der Waals surface area contributed by atoms with Crippen molar-refractivity contribution in [2.75, 3.05) is 19.4 Å². The van der Waals surface area contributed by atoms with E-state index in [4.69, 9.17) is 21.9 Å². The van der Waals surface area contributed by atoms with Crippen molar-refractivity contribution >= 4 is 7.60 Å². The summed E-state index contributed by atoms with van der Waals surface area (Å²) in [5, 5.41) is 0. The lowest BCUT2D eigenvalue weighted by Crippen LogP contribution is -1.98. The molecule has 0 atom stereocenters. The first kappa shape index (κ1) is 16.8. The van der Waals surface area contributed by atoms with Crippen molar-refractivity contribution in [1.82, 2.24) is 0 Å². The van der Waals surface area contributed by atoms with Crippen molar-refractivity contribution < 1.29 is 13.6 Å². The lowest BCUT2D eigenvalue weighted by Gasteiger charge is -2.14. The molecule has 0 N–H and O–H groups in total. The molecule has 0 aliphatic heterocycles. The molecule has 98 valence electrons. The maximum absolute atomic E-state index is 12.1. The Bertz CT molecular complexity index is 362. The smallest absolute Gasteiger partial charge is 0.304 e. The first-order valence-corrected chi connectivity index (χ1v) is 7.46. The molecule has 0 aromatic rings. The highest BCUT2D eigenvalue weighted by molar-refractivity contribution is 7.53. The van der Waals surface area contributed by atoms with Crippen LogP contribution in [-0.2, 0) is 13.6 Å². The van der Waals surface area contributed by atoms with Gasteiger partial charge >= 0.3 is 7.60 Å². The minimum absolute atomic E-state index is 0.237. The molecule has 0 aromatic heterocycles. The van der Waals surface area contributed by atoms with Crippen molar-refractivity contribution in [2.45, 2.75) is 19.8 Å². The summed E-state index contributed by atoms with van der Waals surface area (Å²) in [5.41, 5.74) is 0. The molecule has 3 nitrogen and oxygen atoms in total. The van der Waals surface area contributed by atoms with Crippen LogP contribution in [0.25, 0.3) is 0 Å². The lowest BCUT2D eigenvalue weighted by atomic mass is 10.4. The van der Waals surface area contributed by atoms with Gasteiger partial charge in [0.1, 0.15) is 0 Å². The van der Waals surface area contributed by atoms with E-state index in [1.54, 1.807) is 31.2 Å². The molecule has 0 amide bonds. The quantitative estimate of drug-likeness (QED) is 0.364. The Balaban J connectivity index is 4.00. The summed E-state index contributed by atoms with van der Waals surface area (Å²) in [6.07, 6.45) is 18.6. The average Bonchev–Trinajstić information content (AvgIpc) is 2.38. The summed E-state index contributed by atoms with van der Waals surface area (Å²) >= 11 is 0.